The predicted molar refractivity (Wildman–Crippen MR) is 132 cm³/mol. The maximum absolute atomic E-state index is 12.9. The summed E-state index contributed by atoms with van der Waals surface area (Å²) in [6, 6.07) is 17.1. The van der Waals surface area contributed by atoms with E-state index in [2.05, 4.69) is 30.6 Å². The number of carbonyl (C=O) groups excluding carboxylic acids is 3. The van der Waals surface area contributed by atoms with E-state index in [4.69, 9.17) is 4.74 Å². The van der Waals surface area contributed by atoms with Crippen LogP contribution in [0.5, 0.6) is 0 Å². The van der Waals surface area contributed by atoms with E-state index in [9.17, 15) is 19.6 Å². The number of hydrogen-bond donors (Lipinski definition) is 2. The number of rotatable bonds is 7. The van der Waals surface area contributed by atoms with E-state index >= 15 is 0 Å². The van der Waals surface area contributed by atoms with Crippen molar-refractivity contribution in [3.05, 3.63) is 75.8 Å². The Kier molecular flexibility index (Phi) is 8.13. The summed E-state index contributed by atoms with van der Waals surface area (Å²) in [6.07, 6.45) is 0. The van der Waals surface area contributed by atoms with Crippen molar-refractivity contribution in [2.45, 2.75) is 32.6 Å². The molecule has 0 spiro atoms. The fourth-order valence-corrected chi connectivity index (χ4v) is 4.65. The second kappa shape index (κ2) is 11.0. The number of aryl methyl sites for hydroxylation is 1. The molecule has 0 radical (unpaired) electrons. The molecule has 0 aromatic heterocycles. The molecular formula is C26H27N3O4S. The van der Waals surface area contributed by atoms with Gasteiger partial charge in [-0.3, -0.25) is 14.4 Å². The summed E-state index contributed by atoms with van der Waals surface area (Å²) in [5.41, 5.74) is 3.61. The molecular weight excluding hydrogens is 450 g/mol. The predicted octanol–water partition coefficient (Wildman–Crippen LogP) is 4.23. The number of carbonyl (C=O) groups is 3. The quantitative estimate of drug-likeness (QED) is 0.456. The molecule has 0 bridgehead atoms. The van der Waals surface area contributed by atoms with Crippen LogP contribution in [0.1, 0.15) is 42.4 Å². The maximum Gasteiger partial charge on any atom is 0.319 e. The number of nitriles is 1. The van der Waals surface area contributed by atoms with Crippen LogP contribution in [-0.4, -0.2) is 30.6 Å². The van der Waals surface area contributed by atoms with Crippen molar-refractivity contribution < 1.29 is 19.1 Å². The first-order valence-corrected chi connectivity index (χ1v) is 11.9. The Morgan fingerprint density at radius 2 is 1.85 bits per heavy atom. The number of benzene rings is 2. The van der Waals surface area contributed by atoms with Crippen molar-refractivity contribution in [2.75, 3.05) is 18.2 Å². The van der Waals surface area contributed by atoms with Crippen LogP contribution in [0.2, 0.25) is 0 Å². The molecule has 1 heterocycles. The van der Waals surface area contributed by atoms with Gasteiger partial charge in [0.1, 0.15) is 5.92 Å². The Bertz CT molecular complexity index is 1170. The molecule has 0 fully saturated rings. The second-order valence-electron chi connectivity index (χ2n) is 8.30. The number of esters is 1. The Morgan fingerprint density at radius 3 is 2.44 bits per heavy atom. The van der Waals surface area contributed by atoms with Crippen LogP contribution in [0.15, 0.2) is 59.1 Å². The van der Waals surface area contributed by atoms with Gasteiger partial charge in [0, 0.05) is 11.6 Å². The molecule has 2 aromatic rings. The van der Waals surface area contributed by atoms with Gasteiger partial charge in [0.2, 0.25) is 11.8 Å². The third-order valence-electron chi connectivity index (χ3n) is 5.71. The van der Waals surface area contributed by atoms with E-state index in [-0.39, 0.29) is 22.3 Å². The molecule has 176 valence electrons. The largest absolute Gasteiger partial charge is 0.468 e. The lowest BCUT2D eigenvalue weighted by Crippen LogP contribution is -2.44. The molecule has 0 saturated carbocycles. The number of thioether (sulfide) groups is 1. The molecule has 2 atom stereocenters. The lowest BCUT2D eigenvalue weighted by molar-refractivity contribution is -0.150. The molecule has 2 amide bonds. The Balaban J connectivity index is 1.91. The van der Waals surface area contributed by atoms with Crippen molar-refractivity contribution >= 4 is 35.2 Å². The highest BCUT2D eigenvalue weighted by molar-refractivity contribution is 8.03. The van der Waals surface area contributed by atoms with Gasteiger partial charge in [-0.1, -0.05) is 68.1 Å². The zero-order valence-electron chi connectivity index (χ0n) is 19.5. The highest BCUT2D eigenvalue weighted by Crippen LogP contribution is 2.40. The van der Waals surface area contributed by atoms with Crippen LogP contribution in [-0.2, 0) is 19.1 Å². The molecule has 1 aliphatic heterocycles. The number of amides is 2. The van der Waals surface area contributed by atoms with E-state index in [0.717, 1.165) is 22.9 Å². The van der Waals surface area contributed by atoms with Gasteiger partial charge in [-0.05, 0) is 35.6 Å². The molecule has 0 aliphatic carbocycles. The van der Waals surface area contributed by atoms with E-state index in [0.29, 0.717) is 17.2 Å². The lowest BCUT2D eigenvalue weighted by atomic mass is 9.78. The summed E-state index contributed by atoms with van der Waals surface area (Å²) in [6.45, 7) is 6.03. The Morgan fingerprint density at radius 1 is 1.18 bits per heavy atom. The number of methoxy groups -OCH3 is 1. The van der Waals surface area contributed by atoms with Crippen LogP contribution >= 0.6 is 11.8 Å². The topological polar surface area (TPSA) is 108 Å². The standard InChI is InChI=1S/C26H27N3O4S/c1-15(2)17-9-11-18(12-10-17)22-19(13-27)25(29-24(31)23(22)26(32)33-4)34-14-21(30)28-20-8-6-5-7-16(20)3/h5-12,15,22-23H,14H2,1-4H3,(H,28,30)(H,29,31)/t22-,23+/m0/s1. The van der Waals surface area contributed by atoms with E-state index in [1.807, 2.05) is 49.4 Å². The average molecular weight is 478 g/mol. The van der Waals surface area contributed by atoms with Crippen molar-refractivity contribution in [3.8, 4) is 6.07 Å². The SMILES string of the molecule is COC(=O)[C@H]1C(=O)NC(SCC(=O)Nc2ccccc2C)=C(C#N)[C@@H]1c1ccc(C(C)C)cc1. The van der Waals surface area contributed by atoms with Gasteiger partial charge in [0.25, 0.3) is 0 Å². The zero-order chi connectivity index (χ0) is 24.8. The highest BCUT2D eigenvalue weighted by Gasteiger charge is 2.44. The van der Waals surface area contributed by atoms with E-state index in [1.54, 1.807) is 6.07 Å². The molecule has 2 N–H and O–H groups in total. The Hall–Kier alpha value is -3.57. The van der Waals surface area contributed by atoms with Crippen LogP contribution in [0, 0.1) is 24.2 Å². The minimum Gasteiger partial charge on any atom is -0.468 e. The molecule has 0 unspecified atom stereocenters. The number of ether oxygens (including phenoxy) is 1. The van der Waals surface area contributed by atoms with Gasteiger partial charge >= 0.3 is 5.97 Å². The van der Waals surface area contributed by atoms with Crippen molar-refractivity contribution in [1.29, 1.82) is 5.26 Å². The van der Waals surface area contributed by atoms with Crippen molar-refractivity contribution in [1.82, 2.24) is 5.32 Å². The van der Waals surface area contributed by atoms with Crippen molar-refractivity contribution in [2.24, 2.45) is 5.92 Å². The van der Waals surface area contributed by atoms with Crippen molar-refractivity contribution in [3.63, 3.8) is 0 Å². The number of nitrogens with one attached hydrogen (secondary N) is 2. The fourth-order valence-electron chi connectivity index (χ4n) is 3.81. The first-order chi connectivity index (χ1) is 16.3. The minimum absolute atomic E-state index is 0.0168. The molecule has 2 aromatic carbocycles. The zero-order valence-corrected chi connectivity index (χ0v) is 20.4. The van der Waals surface area contributed by atoms with Crippen LogP contribution in [0.3, 0.4) is 0 Å². The Labute approximate surface area is 203 Å². The van der Waals surface area contributed by atoms with E-state index < -0.39 is 23.7 Å². The van der Waals surface area contributed by atoms with Gasteiger partial charge in [0.15, 0.2) is 0 Å². The van der Waals surface area contributed by atoms with Gasteiger partial charge in [-0.25, -0.2) is 0 Å². The normalized spacial score (nSPS) is 17.7. The van der Waals surface area contributed by atoms with Crippen LogP contribution in [0.4, 0.5) is 5.69 Å². The molecule has 3 rings (SSSR count). The summed E-state index contributed by atoms with van der Waals surface area (Å²) >= 11 is 1.06. The number of hydrogen-bond acceptors (Lipinski definition) is 6. The third kappa shape index (κ3) is 5.49. The van der Waals surface area contributed by atoms with Gasteiger partial charge in [-0.2, -0.15) is 5.26 Å². The summed E-state index contributed by atoms with van der Waals surface area (Å²) in [5, 5.41) is 15.8. The first-order valence-electron chi connectivity index (χ1n) is 10.9. The summed E-state index contributed by atoms with van der Waals surface area (Å²) < 4.78 is 4.87. The monoisotopic (exact) mass is 477 g/mol. The fraction of sp³-hybridized carbons (Fsp3) is 0.308. The smallest absolute Gasteiger partial charge is 0.319 e. The van der Waals surface area contributed by atoms with Gasteiger partial charge < -0.3 is 15.4 Å². The first kappa shape index (κ1) is 25.1. The van der Waals surface area contributed by atoms with Crippen LogP contribution in [0.25, 0.3) is 0 Å². The third-order valence-corrected chi connectivity index (χ3v) is 6.73. The molecule has 8 heteroatoms. The van der Waals surface area contributed by atoms with E-state index in [1.165, 1.54) is 7.11 Å². The lowest BCUT2D eigenvalue weighted by Gasteiger charge is -2.31. The minimum atomic E-state index is -1.20. The summed E-state index contributed by atoms with van der Waals surface area (Å²) in [7, 11) is 1.21. The molecule has 1 aliphatic rings. The second-order valence-corrected chi connectivity index (χ2v) is 9.28. The maximum atomic E-state index is 12.9. The highest BCUT2D eigenvalue weighted by atomic mass is 32.2. The number of nitrogens with zero attached hydrogens (tertiary/aromatic N) is 1. The summed E-state index contributed by atoms with van der Waals surface area (Å²) in [4.78, 5) is 38.0. The summed E-state index contributed by atoms with van der Waals surface area (Å²) in [5.74, 6) is -3.27. The molecule has 7 nitrogen and oxygen atoms in total. The number of anilines is 1. The van der Waals surface area contributed by atoms with Crippen LogP contribution < -0.4 is 10.6 Å². The average Bonchev–Trinajstić information content (AvgIpc) is 2.83. The van der Waals surface area contributed by atoms with Gasteiger partial charge in [-0.15, -0.1) is 0 Å². The molecule has 0 saturated heterocycles. The number of para-hydroxylation sites is 1. The molecule has 34 heavy (non-hydrogen) atoms. The number of allylic oxidation sites excluding steroid dienone is 1. The van der Waals surface area contributed by atoms with Gasteiger partial charge in [0.05, 0.1) is 29.5 Å².